The molecule has 0 aliphatic heterocycles. The van der Waals surface area contributed by atoms with Crippen LogP contribution in [0.15, 0.2) is 12.2 Å². The van der Waals surface area contributed by atoms with Crippen molar-refractivity contribution < 1.29 is 28.6 Å². The van der Waals surface area contributed by atoms with Gasteiger partial charge in [-0.25, -0.2) is 0 Å². The number of hydrogen-bond acceptors (Lipinski definition) is 7. The first-order valence-electron chi connectivity index (χ1n) is 14.1. The van der Waals surface area contributed by atoms with E-state index in [0.717, 1.165) is 38.5 Å². The summed E-state index contributed by atoms with van der Waals surface area (Å²) in [5.74, 6) is -0.383. The van der Waals surface area contributed by atoms with Gasteiger partial charge in [-0.15, -0.1) is 0 Å². The Kier molecular flexibility index (Phi) is 22.7. The van der Waals surface area contributed by atoms with Crippen molar-refractivity contribution in [2.24, 2.45) is 0 Å². The fourth-order valence-corrected chi connectivity index (χ4v) is 5.60. The molecule has 0 rings (SSSR count). The van der Waals surface area contributed by atoms with Gasteiger partial charge in [0.05, 0.1) is 12.1 Å². The van der Waals surface area contributed by atoms with E-state index in [-0.39, 0.29) is 44.7 Å². The quantitative estimate of drug-likeness (QED) is 0.0506. The average molecular weight is 573 g/mol. The van der Waals surface area contributed by atoms with Crippen molar-refractivity contribution in [3.63, 3.8) is 0 Å². The number of esters is 1. The van der Waals surface area contributed by atoms with Crippen LogP contribution in [0.5, 0.6) is 0 Å². The molecule has 0 aliphatic carbocycles. The van der Waals surface area contributed by atoms with Gasteiger partial charge in [0, 0.05) is 26.4 Å². The first-order valence-corrected chi connectivity index (χ1v) is 16.7. The van der Waals surface area contributed by atoms with E-state index in [1.165, 1.54) is 52.1 Å². The molecule has 1 unspecified atom stereocenters. The summed E-state index contributed by atoms with van der Waals surface area (Å²) >= 11 is 4.65. The third kappa shape index (κ3) is 19.7. The van der Waals surface area contributed by atoms with Crippen LogP contribution in [0.2, 0.25) is 0 Å². The van der Waals surface area contributed by atoms with E-state index in [0.29, 0.717) is 0 Å². The number of unbranched alkanes of at least 4 members (excludes halogenated alkanes) is 11. The number of carbonyl (C=O) groups excluding carboxylic acids is 1. The minimum Gasteiger partial charge on any atom is -0.463 e. The number of methoxy groups -OCH3 is 1. The van der Waals surface area contributed by atoms with Crippen molar-refractivity contribution in [1.82, 2.24) is 0 Å². The summed E-state index contributed by atoms with van der Waals surface area (Å²) in [4.78, 5) is 31.9. The van der Waals surface area contributed by atoms with Crippen LogP contribution in [-0.4, -0.2) is 41.2 Å². The molecule has 8 nitrogen and oxygen atoms in total. The lowest BCUT2D eigenvalue weighted by Gasteiger charge is -2.39. The Morgan fingerprint density at radius 1 is 0.921 bits per heavy atom. The summed E-state index contributed by atoms with van der Waals surface area (Å²) in [6, 6.07) is 3.97. The van der Waals surface area contributed by atoms with Crippen molar-refractivity contribution in [3.05, 3.63) is 12.2 Å². The maximum Gasteiger partial charge on any atom is 0.322 e. The van der Waals surface area contributed by atoms with E-state index in [4.69, 9.17) is 24.5 Å². The highest BCUT2D eigenvalue weighted by atomic mass is 32.5. The van der Waals surface area contributed by atoms with Crippen LogP contribution in [0.4, 0.5) is 0 Å². The molecule has 0 spiro atoms. The first-order chi connectivity index (χ1) is 18.2. The van der Waals surface area contributed by atoms with E-state index in [1.807, 2.05) is 12.1 Å². The van der Waals surface area contributed by atoms with Crippen molar-refractivity contribution >= 4 is 24.5 Å². The summed E-state index contributed by atoms with van der Waals surface area (Å²) in [5, 5.41) is 18.1. The lowest BCUT2D eigenvalue weighted by atomic mass is 9.87. The molecule has 0 aromatic carbocycles. The van der Waals surface area contributed by atoms with E-state index < -0.39 is 18.4 Å². The van der Waals surface area contributed by atoms with Gasteiger partial charge in [0.1, 0.15) is 18.3 Å². The average Bonchev–Trinajstić information content (AvgIpc) is 2.87. The Morgan fingerprint density at radius 2 is 1.42 bits per heavy atom. The van der Waals surface area contributed by atoms with E-state index >= 15 is 0 Å². The van der Waals surface area contributed by atoms with Crippen LogP contribution in [0.1, 0.15) is 122 Å². The lowest BCUT2D eigenvalue weighted by Crippen LogP contribution is -2.48. The second-order valence-electron chi connectivity index (χ2n) is 9.70. The van der Waals surface area contributed by atoms with Gasteiger partial charge in [-0.05, 0) is 56.8 Å². The number of carbonyl (C=O) groups is 1. The lowest BCUT2D eigenvalue weighted by molar-refractivity contribution is -0.157. The Labute approximate surface area is 235 Å². The molecule has 0 saturated carbocycles. The molecule has 0 heterocycles. The van der Waals surface area contributed by atoms with Crippen molar-refractivity contribution in [3.8, 4) is 12.1 Å². The molecular weight excluding hydrogens is 523 g/mol. The van der Waals surface area contributed by atoms with Crippen LogP contribution in [0, 0.1) is 22.7 Å². The van der Waals surface area contributed by atoms with Gasteiger partial charge in [0.15, 0.2) is 0 Å². The van der Waals surface area contributed by atoms with Gasteiger partial charge in [0.25, 0.3) is 0 Å². The van der Waals surface area contributed by atoms with Crippen LogP contribution < -0.4 is 0 Å². The van der Waals surface area contributed by atoms with Crippen LogP contribution in [-0.2, 0) is 30.6 Å². The topological polar surface area (TPSA) is 133 Å². The molecule has 10 heteroatoms. The van der Waals surface area contributed by atoms with E-state index in [1.54, 1.807) is 0 Å². The molecule has 0 radical (unpaired) electrons. The van der Waals surface area contributed by atoms with Crippen molar-refractivity contribution in [1.29, 1.82) is 10.5 Å². The summed E-state index contributed by atoms with van der Waals surface area (Å²) in [6.45, 7) is -2.10. The summed E-state index contributed by atoms with van der Waals surface area (Å²) in [6.07, 6.45) is 19.4. The van der Waals surface area contributed by atoms with E-state index in [2.05, 4.69) is 30.9 Å². The molecule has 0 amide bonds. The van der Waals surface area contributed by atoms with Crippen LogP contribution in [0.25, 0.3) is 0 Å². The minimum absolute atomic E-state index is 0.0173. The number of nitrogens with zero attached hydrogens (tertiary/aromatic N) is 2. The zero-order valence-corrected chi connectivity index (χ0v) is 25.2. The normalized spacial score (nSPS) is 12.8. The molecule has 0 aromatic heterocycles. The largest absolute Gasteiger partial charge is 0.463 e. The number of ether oxygens (including phenoxy) is 2. The summed E-state index contributed by atoms with van der Waals surface area (Å²) < 4.78 is 16.3. The van der Waals surface area contributed by atoms with Gasteiger partial charge >= 0.3 is 12.7 Å². The number of hydrogen-bond donors (Lipinski definition) is 2. The smallest absolute Gasteiger partial charge is 0.322 e. The monoisotopic (exact) mass is 572 g/mol. The Balaban J connectivity index is 4.30. The molecule has 0 aromatic rings. The first kappa shape index (κ1) is 36.7. The van der Waals surface area contributed by atoms with Gasteiger partial charge < -0.3 is 19.3 Å². The molecule has 0 saturated heterocycles. The molecular formula is C28H49N2O6PS. The maximum atomic E-state index is 12.3. The molecule has 2 N–H and O–H groups in total. The summed E-state index contributed by atoms with van der Waals surface area (Å²) in [7, 11) is 1.37. The Bertz CT molecular complexity index is 756. The SMILES string of the molecule is CCCCCCCC/C=C\CCCCCCCC(=O)OCC(OC)C(CCC#N)(CCC#N)OP(O)(O)=S. The molecule has 218 valence electrons. The van der Waals surface area contributed by atoms with Gasteiger partial charge in [0.2, 0.25) is 0 Å². The number of allylic oxidation sites excluding steroid dienone is 2. The highest BCUT2D eigenvalue weighted by molar-refractivity contribution is 8.06. The van der Waals surface area contributed by atoms with Crippen LogP contribution in [0.3, 0.4) is 0 Å². The van der Waals surface area contributed by atoms with Crippen LogP contribution >= 0.6 is 6.72 Å². The summed E-state index contributed by atoms with van der Waals surface area (Å²) in [5.41, 5.74) is -1.43. The third-order valence-electron chi connectivity index (χ3n) is 6.53. The molecule has 1 atom stereocenters. The van der Waals surface area contributed by atoms with E-state index in [9.17, 15) is 14.6 Å². The third-order valence-corrected chi connectivity index (χ3v) is 7.36. The Morgan fingerprint density at radius 3 is 1.89 bits per heavy atom. The predicted octanol–water partition coefficient (Wildman–Crippen LogP) is 7.15. The molecule has 38 heavy (non-hydrogen) atoms. The number of nitriles is 2. The molecule has 0 bridgehead atoms. The predicted molar refractivity (Wildman–Crippen MR) is 153 cm³/mol. The highest BCUT2D eigenvalue weighted by Gasteiger charge is 2.44. The van der Waals surface area contributed by atoms with Gasteiger partial charge in [-0.2, -0.15) is 10.5 Å². The zero-order valence-electron chi connectivity index (χ0n) is 23.4. The zero-order chi connectivity index (χ0) is 28.5. The van der Waals surface area contributed by atoms with Gasteiger partial charge in [-0.3, -0.25) is 9.32 Å². The fourth-order valence-electron chi connectivity index (χ4n) is 4.38. The maximum absolute atomic E-state index is 12.3. The second-order valence-corrected chi connectivity index (χ2v) is 12.3. The molecule has 0 fully saturated rings. The standard InChI is InChI=1S/C28H49N2O6PS/c1-3-4-5-6-7-8-9-10-11-12-13-14-15-16-17-20-27(31)35-25-26(34-2)28(21-18-23-29,22-19-24-30)36-37(32,33)38/h10-11,26H,3-9,12-22,25H2,1-2H3,(H2,32,33,38)/b11-10-. The highest BCUT2D eigenvalue weighted by Crippen LogP contribution is 2.47. The second kappa shape index (κ2) is 23.6. The van der Waals surface area contributed by atoms with Gasteiger partial charge in [-0.1, -0.05) is 70.4 Å². The number of rotatable bonds is 25. The Hall–Kier alpha value is -1.32. The van der Waals surface area contributed by atoms with Crippen molar-refractivity contribution in [2.75, 3.05) is 13.7 Å². The fraction of sp³-hybridized carbons (Fsp3) is 0.821. The molecule has 0 aliphatic rings. The van der Waals surface area contributed by atoms with Crippen molar-refractivity contribution in [2.45, 2.75) is 134 Å². The minimum atomic E-state index is -4.14.